The summed E-state index contributed by atoms with van der Waals surface area (Å²) < 4.78 is 12.6. The van der Waals surface area contributed by atoms with Crippen molar-refractivity contribution in [1.82, 2.24) is 14.6 Å². The van der Waals surface area contributed by atoms with E-state index in [1.165, 1.54) is 10.7 Å². The first-order valence-corrected chi connectivity index (χ1v) is 8.91. The fourth-order valence-corrected chi connectivity index (χ4v) is 3.21. The highest BCUT2D eigenvalue weighted by molar-refractivity contribution is 5.97. The van der Waals surface area contributed by atoms with Crippen LogP contribution in [-0.2, 0) is 4.74 Å². The molecule has 7 heteroatoms. The van der Waals surface area contributed by atoms with Gasteiger partial charge in [-0.25, -0.2) is 9.31 Å². The van der Waals surface area contributed by atoms with Crippen LogP contribution in [0.4, 0.5) is 0 Å². The topological polar surface area (TPSA) is 85.7 Å². The van der Waals surface area contributed by atoms with E-state index in [-0.39, 0.29) is 24.3 Å². The third-order valence-corrected chi connectivity index (χ3v) is 4.57. The number of aromatic nitrogens is 3. The van der Waals surface area contributed by atoms with E-state index in [4.69, 9.17) is 9.47 Å². The minimum atomic E-state index is -0.564. The number of fused-ring (bicyclic) bond motifs is 3. The summed E-state index contributed by atoms with van der Waals surface area (Å²) in [5, 5.41) is 4.72. The van der Waals surface area contributed by atoms with E-state index in [1.54, 1.807) is 18.2 Å². The van der Waals surface area contributed by atoms with E-state index >= 15 is 0 Å². The number of hydrogen-bond acceptors (Lipinski definition) is 5. The maximum Gasteiger partial charge on any atom is 0.343 e. The molecule has 28 heavy (non-hydrogen) atoms. The molecule has 0 unspecified atom stereocenters. The van der Waals surface area contributed by atoms with Gasteiger partial charge in [-0.15, -0.1) is 0 Å². The molecule has 2 aromatic carbocycles. The Kier molecular flexibility index (Phi) is 4.57. The molecule has 0 amide bonds. The molecule has 7 nitrogen and oxygen atoms in total. The van der Waals surface area contributed by atoms with Gasteiger partial charge in [0.05, 0.1) is 17.1 Å². The maximum absolute atomic E-state index is 12.5. The van der Waals surface area contributed by atoms with Gasteiger partial charge in [0, 0.05) is 0 Å². The second kappa shape index (κ2) is 7.19. The smallest absolute Gasteiger partial charge is 0.343 e. The van der Waals surface area contributed by atoms with Gasteiger partial charge in [-0.2, -0.15) is 5.10 Å². The lowest BCUT2D eigenvalue weighted by molar-refractivity contribution is 0.0452. The van der Waals surface area contributed by atoms with Crippen LogP contribution in [0.3, 0.4) is 0 Å². The van der Waals surface area contributed by atoms with Gasteiger partial charge in [0.25, 0.3) is 5.56 Å². The molecule has 0 bridgehead atoms. The summed E-state index contributed by atoms with van der Waals surface area (Å²) in [5.41, 5.74) is 2.91. The number of hydrogen-bond donors (Lipinski definition) is 1. The maximum atomic E-state index is 12.5. The number of ether oxygens (including phenoxy) is 2. The third-order valence-electron chi connectivity index (χ3n) is 4.57. The second-order valence-corrected chi connectivity index (χ2v) is 6.50. The molecule has 0 spiro atoms. The molecule has 0 atom stereocenters. The average Bonchev–Trinajstić information content (AvgIpc) is 3.11. The highest BCUT2D eigenvalue weighted by Gasteiger charge is 2.17. The van der Waals surface area contributed by atoms with Gasteiger partial charge in [-0.1, -0.05) is 30.3 Å². The summed E-state index contributed by atoms with van der Waals surface area (Å²) >= 11 is 0. The van der Waals surface area contributed by atoms with Gasteiger partial charge in [0.2, 0.25) is 0 Å². The van der Waals surface area contributed by atoms with Gasteiger partial charge in [-0.3, -0.25) is 4.79 Å². The molecular weight excluding hydrogens is 358 g/mol. The highest BCUT2D eigenvalue weighted by Crippen LogP contribution is 2.22. The van der Waals surface area contributed by atoms with Crippen molar-refractivity contribution >= 4 is 22.5 Å². The molecular formula is C21H19N3O4. The monoisotopic (exact) mass is 377 g/mol. The zero-order valence-electron chi connectivity index (χ0n) is 15.6. The van der Waals surface area contributed by atoms with Gasteiger partial charge in [-0.05, 0) is 37.1 Å². The molecule has 0 radical (unpaired) electrons. The van der Waals surface area contributed by atoms with Crippen molar-refractivity contribution in [2.75, 3.05) is 13.2 Å². The van der Waals surface area contributed by atoms with E-state index in [1.807, 2.05) is 38.1 Å². The SMILES string of the molecule is Cc1cccc(C)c1OCCOC(=O)c1cnn2c1[nH]c(=O)c1ccccc12. The van der Waals surface area contributed by atoms with Crippen LogP contribution in [0, 0.1) is 13.8 Å². The number of carbonyl (C=O) groups excluding carboxylic acids is 1. The number of rotatable bonds is 5. The number of nitrogens with one attached hydrogen (secondary N) is 1. The van der Waals surface area contributed by atoms with Crippen molar-refractivity contribution in [3.8, 4) is 5.75 Å². The molecule has 4 rings (SSSR count). The number of benzene rings is 2. The minimum absolute atomic E-state index is 0.0851. The number of nitrogens with zero attached hydrogens (tertiary/aromatic N) is 2. The van der Waals surface area contributed by atoms with Crippen LogP contribution >= 0.6 is 0 Å². The molecule has 0 aliphatic rings. The van der Waals surface area contributed by atoms with E-state index in [0.717, 1.165) is 16.9 Å². The molecule has 0 aliphatic heterocycles. The van der Waals surface area contributed by atoms with Crippen molar-refractivity contribution in [3.05, 3.63) is 75.7 Å². The van der Waals surface area contributed by atoms with E-state index in [0.29, 0.717) is 16.6 Å². The van der Waals surface area contributed by atoms with Crippen LogP contribution < -0.4 is 10.3 Å². The Bertz CT molecular complexity index is 1220. The third kappa shape index (κ3) is 3.11. The largest absolute Gasteiger partial charge is 0.489 e. The van der Waals surface area contributed by atoms with E-state index in [9.17, 15) is 9.59 Å². The number of aromatic amines is 1. The zero-order valence-corrected chi connectivity index (χ0v) is 15.6. The number of carbonyl (C=O) groups is 1. The summed E-state index contributed by atoms with van der Waals surface area (Å²) in [6.07, 6.45) is 1.40. The fraction of sp³-hybridized carbons (Fsp3) is 0.190. The predicted molar refractivity (Wildman–Crippen MR) is 105 cm³/mol. The minimum Gasteiger partial charge on any atom is -0.489 e. The highest BCUT2D eigenvalue weighted by atomic mass is 16.6. The second-order valence-electron chi connectivity index (χ2n) is 6.50. The molecule has 2 aromatic heterocycles. The molecule has 1 N–H and O–H groups in total. The molecule has 0 saturated carbocycles. The molecule has 0 saturated heterocycles. The first kappa shape index (κ1) is 17.8. The zero-order chi connectivity index (χ0) is 19.7. The summed E-state index contributed by atoms with van der Waals surface area (Å²) in [6.45, 7) is 4.25. The molecule has 142 valence electrons. The first-order chi connectivity index (χ1) is 13.6. The van der Waals surface area contributed by atoms with Crippen LogP contribution in [0.1, 0.15) is 21.5 Å². The Morgan fingerprint density at radius 3 is 2.61 bits per heavy atom. The summed E-state index contributed by atoms with van der Waals surface area (Å²) in [4.78, 5) is 27.4. The van der Waals surface area contributed by atoms with Gasteiger partial charge >= 0.3 is 5.97 Å². The Labute approximate surface area is 160 Å². The van der Waals surface area contributed by atoms with Crippen molar-refractivity contribution in [1.29, 1.82) is 0 Å². The Balaban J connectivity index is 1.50. The molecule has 0 aliphatic carbocycles. The lowest BCUT2D eigenvalue weighted by Gasteiger charge is -2.11. The number of para-hydroxylation sites is 2. The summed E-state index contributed by atoms with van der Waals surface area (Å²) in [7, 11) is 0. The van der Waals surface area contributed by atoms with Gasteiger partial charge < -0.3 is 14.5 Å². The Morgan fingerprint density at radius 1 is 1.07 bits per heavy atom. The van der Waals surface area contributed by atoms with Crippen LogP contribution in [0.2, 0.25) is 0 Å². The number of aryl methyl sites for hydroxylation is 2. The summed E-state index contributed by atoms with van der Waals surface area (Å²) in [5.74, 6) is 0.233. The molecule has 0 fully saturated rings. The van der Waals surface area contributed by atoms with Gasteiger partial charge in [0.15, 0.2) is 5.65 Å². The van der Waals surface area contributed by atoms with E-state index in [2.05, 4.69) is 10.1 Å². The van der Waals surface area contributed by atoms with Gasteiger partial charge in [0.1, 0.15) is 24.5 Å². The summed E-state index contributed by atoms with van der Waals surface area (Å²) in [6, 6.07) is 13.0. The number of H-pyrrole nitrogens is 1. The van der Waals surface area contributed by atoms with Crippen LogP contribution in [0.15, 0.2) is 53.5 Å². The average molecular weight is 377 g/mol. The van der Waals surface area contributed by atoms with Crippen molar-refractivity contribution in [3.63, 3.8) is 0 Å². The Morgan fingerprint density at radius 2 is 1.82 bits per heavy atom. The van der Waals surface area contributed by atoms with E-state index < -0.39 is 5.97 Å². The predicted octanol–water partition coefficient (Wildman–Crippen LogP) is 3.03. The van der Waals surface area contributed by atoms with Crippen molar-refractivity contribution in [2.45, 2.75) is 13.8 Å². The standard InChI is InChI=1S/C21H19N3O4/c1-13-6-5-7-14(2)18(13)27-10-11-28-21(26)16-12-22-24-17-9-4-3-8-15(17)20(25)23-19(16)24/h3-9,12H,10-11H2,1-2H3,(H,23,25). The Hall–Kier alpha value is -3.61. The first-order valence-electron chi connectivity index (χ1n) is 8.91. The van der Waals surface area contributed by atoms with Crippen LogP contribution in [-0.4, -0.2) is 33.8 Å². The lowest BCUT2D eigenvalue weighted by atomic mass is 10.1. The normalized spacial score (nSPS) is 11.1. The fourth-order valence-electron chi connectivity index (χ4n) is 3.21. The quantitative estimate of drug-likeness (QED) is 0.427. The van der Waals surface area contributed by atoms with Crippen molar-refractivity contribution in [2.24, 2.45) is 0 Å². The molecule has 2 heterocycles. The lowest BCUT2D eigenvalue weighted by Crippen LogP contribution is -2.15. The van der Waals surface area contributed by atoms with Crippen LogP contribution in [0.25, 0.3) is 16.6 Å². The van der Waals surface area contributed by atoms with Crippen LogP contribution in [0.5, 0.6) is 5.75 Å². The van der Waals surface area contributed by atoms with Crippen molar-refractivity contribution < 1.29 is 14.3 Å². The molecule has 4 aromatic rings. The number of esters is 1.